The minimum absolute atomic E-state index is 0.0847. The summed E-state index contributed by atoms with van der Waals surface area (Å²) in [6.07, 6.45) is 5.04. The minimum atomic E-state index is -4.02. The molecule has 0 radical (unpaired) electrons. The molecule has 9 heteroatoms. The van der Waals surface area contributed by atoms with Gasteiger partial charge >= 0.3 is 5.97 Å². The molecule has 1 rings (SSSR count). The third-order valence-corrected chi connectivity index (χ3v) is 4.95. The molecular weight excluding hydrogens is 341 g/mol. The van der Waals surface area contributed by atoms with Crippen molar-refractivity contribution in [3.63, 3.8) is 0 Å². The van der Waals surface area contributed by atoms with Gasteiger partial charge in [-0.1, -0.05) is 17.5 Å². The monoisotopic (exact) mass is 351 g/mol. The fourth-order valence-corrected chi connectivity index (χ4v) is 3.23. The van der Waals surface area contributed by atoms with Crippen LogP contribution in [0.1, 0.15) is 10.4 Å². The standard InChI is InChI=1S/C12H11ClFNO4S2/c1-2-4-20-5-3-15-21(18,19)8-6-9(12(16)17)11(13)10(14)7-8/h1,6-7,15H,3-5H2,(H,16,17). The van der Waals surface area contributed by atoms with Crippen molar-refractivity contribution in [1.29, 1.82) is 0 Å². The largest absolute Gasteiger partial charge is 0.478 e. The molecule has 0 fully saturated rings. The van der Waals surface area contributed by atoms with E-state index in [9.17, 15) is 17.6 Å². The number of aromatic carboxylic acids is 1. The first-order valence-corrected chi connectivity index (χ1v) is 8.54. The summed E-state index contributed by atoms with van der Waals surface area (Å²) in [5, 5.41) is 8.23. The lowest BCUT2D eigenvalue weighted by Crippen LogP contribution is -2.26. The maximum absolute atomic E-state index is 13.5. The second-order valence-corrected chi connectivity index (χ2v) is 6.98. The van der Waals surface area contributed by atoms with Crippen LogP contribution < -0.4 is 4.72 Å². The lowest BCUT2D eigenvalue weighted by molar-refractivity contribution is 0.0696. The third kappa shape index (κ3) is 4.89. The number of nitrogens with one attached hydrogen (secondary N) is 1. The van der Waals surface area contributed by atoms with E-state index in [0.29, 0.717) is 17.6 Å². The molecule has 2 N–H and O–H groups in total. The van der Waals surface area contributed by atoms with Crippen molar-refractivity contribution in [2.75, 3.05) is 18.1 Å². The number of hydrogen-bond acceptors (Lipinski definition) is 4. The van der Waals surface area contributed by atoms with E-state index in [2.05, 4.69) is 10.6 Å². The van der Waals surface area contributed by atoms with Crippen molar-refractivity contribution in [2.45, 2.75) is 4.90 Å². The number of carbonyl (C=O) groups is 1. The maximum Gasteiger partial charge on any atom is 0.337 e. The Labute approximate surface area is 130 Å². The molecule has 0 amide bonds. The van der Waals surface area contributed by atoms with Gasteiger partial charge in [0.2, 0.25) is 10.0 Å². The van der Waals surface area contributed by atoms with Crippen molar-refractivity contribution in [3.8, 4) is 12.3 Å². The first-order valence-electron chi connectivity index (χ1n) is 5.53. The van der Waals surface area contributed by atoms with E-state index in [1.54, 1.807) is 0 Å². The van der Waals surface area contributed by atoms with Gasteiger partial charge in [-0.25, -0.2) is 22.3 Å². The molecule has 0 atom stereocenters. The Morgan fingerprint density at radius 3 is 2.76 bits per heavy atom. The van der Waals surface area contributed by atoms with Gasteiger partial charge in [0.1, 0.15) is 5.82 Å². The molecule has 114 valence electrons. The van der Waals surface area contributed by atoms with Gasteiger partial charge in [0.25, 0.3) is 0 Å². The highest BCUT2D eigenvalue weighted by molar-refractivity contribution is 7.99. The van der Waals surface area contributed by atoms with E-state index in [1.165, 1.54) is 11.8 Å². The number of sulfonamides is 1. The second kappa shape index (κ2) is 7.66. The van der Waals surface area contributed by atoms with Crippen LogP contribution in [0.4, 0.5) is 4.39 Å². The lowest BCUT2D eigenvalue weighted by Gasteiger charge is -2.08. The van der Waals surface area contributed by atoms with Crippen molar-refractivity contribution < 1.29 is 22.7 Å². The zero-order valence-corrected chi connectivity index (χ0v) is 13.0. The molecule has 0 aliphatic rings. The smallest absolute Gasteiger partial charge is 0.337 e. The molecule has 0 saturated heterocycles. The third-order valence-electron chi connectivity index (χ3n) is 2.27. The zero-order valence-electron chi connectivity index (χ0n) is 10.6. The predicted octanol–water partition coefficient (Wildman–Crippen LogP) is 1.82. The number of thioether (sulfide) groups is 1. The van der Waals surface area contributed by atoms with Crippen LogP contribution in [0.2, 0.25) is 5.02 Å². The van der Waals surface area contributed by atoms with Crippen LogP contribution in [0, 0.1) is 18.2 Å². The number of carboxylic acid groups (broad SMARTS) is 1. The number of benzene rings is 1. The number of carboxylic acids is 1. The highest BCUT2D eigenvalue weighted by Gasteiger charge is 2.21. The van der Waals surface area contributed by atoms with Crippen LogP contribution in [0.15, 0.2) is 17.0 Å². The summed E-state index contributed by atoms with van der Waals surface area (Å²) < 4.78 is 39.6. The van der Waals surface area contributed by atoms with Gasteiger partial charge < -0.3 is 5.11 Å². The highest BCUT2D eigenvalue weighted by Crippen LogP contribution is 2.24. The Hall–Kier alpha value is -1.27. The van der Waals surface area contributed by atoms with Crippen LogP contribution in [-0.2, 0) is 10.0 Å². The topological polar surface area (TPSA) is 83.5 Å². The molecule has 1 aromatic rings. The summed E-state index contributed by atoms with van der Waals surface area (Å²) in [5.74, 6) is 0.642. The van der Waals surface area contributed by atoms with Crippen molar-refractivity contribution in [2.24, 2.45) is 0 Å². The Morgan fingerprint density at radius 1 is 1.52 bits per heavy atom. The summed E-state index contributed by atoms with van der Waals surface area (Å²) in [7, 11) is -4.02. The van der Waals surface area contributed by atoms with Crippen LogP contribution in [-0.4, -0.2) is 37.5 Å². The molecule has 21 heavy (non-hydrogen) atoms. The maximum atomic E-state index is 13.5. The molecule has 0 aliphatic heterocycles. The molecule has 0 spiro atoms. The summed E-state index contributed by atoms with van der Waals surface area (Å²) in [6.45, 7) is 0.0847. The Kier molecular flexibility index (Phi) is 6.48. The Morgan fingerprint density at radius 2 is 2.19 bits per heavy atom. The van der Waals surface area contributed by atoms with Crippen LogP contribution in [0.3, 0.4) is 0 Å². The van der Waals surface area contributed by atoms with Gasteiger partial charge in [0, 0.05) is 12.3 Å². The van der Waals surface area contributed by atoms with Crippen molar-refractivity contribution >= 4 is 39.4 Å². The van der Waals surface area contributed by atoms with Gasteiger partial charge in [0.05, 0.1) is 21.2 Å². The first kappa shape index (κ1) is 17.8. The van der Waals surface area contributed by atoms with E-state index in [4.69, 9.17) is 23.1 Å². The molecule has 0 unspecified atom stereocenters. The van der Waals surface area contributed by atoms with Crippen molar-refractivity contribution in [3.05, 3.63) is 28.5 Å². The number of hydrogen-bond donors (Lipinski definition) is 2. The van der Waals surface area contributed by atoms with Crippen molar-refractivity contribution in [1.82, 2.24) is 4.72 Å². The lowest BCUT2D eigenvalue weighted by atomic mass is 10.2. The highest BCUT2D eigenvalue weighted by atomic mass is 35.5. The Bertz CT molecular complexity index is 685. The normalized spacial score (nSPS) is 11.1. The van der Waals surface area contributed by atoms with E-state index in [-0.39, 0.29) is 6.54 Å². The van der Waals surface area contributed by atoms with Gasteiger partial charge in [-0.2, -0.15) is 0 Å². The van der Waals surface area contributed by atoms with Gasteiger partial charge in [-0.3, -0.25) is 0 Å². The number of halogens is 2. The zero-order chi connectivity index (χ0) is 16.0. The summed E-state index contributed by atoms with van der Waals surface area (Å²) >= 11 is 6.83. The second-order valence-electron chi connectivity index (χ2n) is 3.73. The van der Waals surface area contributed by atoms with E-state index in [1.807, 2.05) is 0 Å². The molecule has 0 aliphatic carbocycles. The SMILES string of the molecule is C#CCSCCNS(=O)(=O)c1cc(F)c(Cl)c(C(=O)O)c1. The summed E-state index contributed by atoms with van der Waals surface area (Å²) in [4.78, 5) is 10.4. The van der Waals surface area contributed by atoms with E-state index < -0.39 is 37.3 Å². The Balaban J connectivity index is 2.94. The average Bonchev–Trinajstić information content (AvgIpc) is 2.40. The molecule has 0 aromatic heterocycles. The predicted molar refractivity (Wildman–Crippen MR) is 79.7 cm³/mol. The van der Waals surface area contributed by atoms with Gasteiger partial charge in [0.15, 0.2) is 0 Å². The van der Waals surface area contributed by atoms with Crippen LogP contribution >= 0.6 is 23.4 Å². The fourth-order valence-electron chi connectivity index (χ4n) is 1.34. The molecule has 5 nitrogen and oxygen atoms in total. The average molecular weight is 352 g/mol. The fraction of sp³-hybridized carbons (Fsp3) is 0.250. The molecule has 0 saturated carbocycles. The molecule has 0 bridgehead atoms. The van der Waals surface area contributed by atoms with E-state index in [0.717, 1.165) is 6.07 Å². The number of terminal acetylenes is 1. The number of rotatable bonds is 7. The minimum Gasteiger partial charge on any atom is -0.478 e. The molecular formula is C12H11ClFNO4S2. The first-order chi connectivity index (χ1) is 9.79. The van der Waals surface area contributed by atoms with Gasteiger partial charge in [-0.05, 0) is 12.1 Å². The van der Waals surface area contributed by atoms with E-state index >= 15 is 0 Å². The molecule has 1 aromatic carbocycles. The summed E-state index contributed by atoms with van der Waals surface area (Å²) in [6, 6.07) is 1.48. The quantitative estimate of drug-likeness (QED) is 0.578. The van der Waals surface area contributed by atoms with Crippen LogP contribution in [0.25, 0.3) is 0 Å². The van der Waals surface area contributed by atoms with Crippen LogP contribution in [0.5, 0.6) is 0 Å². The molecule has 0 heterocycles. The van der Waals surface area contributed by atoms with Gasteiger partial charge in [-0.15, -0.1) is 18.2 Å². The summed E-state index contributed by atoms with van der Waals surface area (Å²) in [5.41, 5.74) is -0.612.